The van der Waals surface area contributed by atoms with E-state index in [2.05, 4.69) is 4.98 Å². The maximum atomic E-state index is 10.9. The van der Waals surface area contributed by atoms with Gasteiger partial charge in [-0.05, 0) is 12.1 Å². The highest BCUT2D eigenvalue weighted by Crippen LogP contribution is 2.30. The summed E-state index contributed by atoms with van der Waals surface area (Å²) in [5.74, 6) is -2.87. The Bertz CT molecular complexity index is 578. The Hall–Kier alpha value is -1.60. The third-order valence-electron chi connectivity index (χ3n) is 2.45. The maximum Gasteiger partial charge on any atom is 0.307 e. The van der Waals surface area contributed by atoms with Gasteiger partial charge in [0.15, 0.2) is 4.34 Å². The van der Waals surface area contributed by atoms with Crippen LogP contribution in [-0.2, 0) is 9.59 Å². The fourth-order valence-corrected chi connectivity index (χ4v) is 3.69. The van der Waals surface area contributed by atoms with Crippen LogP contribution in [0.4, 0.5) is 0 Å². The Morgan fingerprint density at radius 2 is 2.05 bits per heavy atom. The van der Waals surface area contributed by atoms with Gasteiger partial charge in [-0.1, -0.05) is 23.9 Å². The molecule has 0 bridgehead atoms. The molecule has 1 aromatic carbocycles. The second-order valence-electron chi connectivity index (χ2n) is 3.89. The number of hydrogen-bond acceptors (Lipinski definition) is 5. The van der Waals surface area contributed by atoms with Gasteiger partial charge in [0.1, 0.15) is 0 Å². The van der Waals surface area contributed by atoms with E-state index in [1.54, 1.807) is 0 Å². The number of carboxylic acids is 2. The van der Waals surface area contributed by atoms with Crippen LogP contribution in [0.1, 0.15) is 6.42 Å². The molecule has 0 aliphatic rings. The van der Waals surface area contributed by atoms with Gasteiger partial charge in [-0.3, -0.25) is 9.59 Å². The van der Waals surface area contributed by atoms with Crippen molar-refractivity contribution in [1.29, 1.82) is 0 Å². The number of hydrogen-bond donors (Lipinski definition) is 2. The number of carbonyl (C=O) groups is 2. The molecule has 2 aromatic rings. The number of carboxylic acid groups (broad SMARTS) is 2. The van der Waals surface area contributed by atoms with Crippen LogP contribution in [0.2, 0.25) is 0 Å². The van der Waals surface area contributed by atoms with Crippen LogP contribution >= 0.6 is 23.1 Å². The van der Waals surface area contributed by atoms with Gasteiger partial charge in [0, 0.05) is 5.75 Å². The third-order valence-corrected chi connectivity index (χ3v) is 4.79. The summed E-state index contributed by atoms with van der Waals surface area (Å²) in [5.41, 5.74) is 0.875. The van der Waals surface area contributed by atoms with Crippen LogP contribution in [0, 0.1) is 5.92 Å². The van der Waals surface area contributed by atoms with Gasteiger partial charge in [0.05, 0.1) is 22.6 Å². The molecular weight excluding hydrogens is 286 g/mol. The largest absolute Gasteiger partial charge is 0.481 e. The first kappa shape index (κ1) is 13.8. The molecule has 0 spiro atoms. The zero-order valence-electron chi connectivity index (χ0n) is 9.78. The van der Waals surface area contributed by atoms with Crippen LogP contribution in [0.25, 0.3) is 10.2 Å². The van der Waals surface area contributed by atoms with Gasteiger partial charge in [-0.2, -0.15) is 0 Å². The molecule has 0 saturated carbocycles. The topological polar surface area (TPSA) is 87.5 Å². The van der Waals surface area contributed by atoms with Crippen molar-refractivity contribution in [2.45, 2.75) is 10.8 Å². The maximum absolute atomic E-state index is 10.9. The van der Waals surface area contributed by atoms with Crippen LogP contribution < -0.4 is 0 Å². The van der Waals surface area contributed by atoms with Crippen molar-refractivity contribution in [1.82, 2.24) is 4.98 Å². The average molecular weight is 297 g/mol. The van der Waals surface area contributed by atoms with E-state index < -0.39 is 17.9 Å². The molecule has 0 saturated heterocycles. The monoisotopic (exact) mass is 297 g/mol. The first-order valence-corrected chi connectivity index (χ1v) is 7.29. The predicted molar refractivity (Wildman–Crippen MR) is 73.7 cm³/mol. The zero-order valence-corrected chi connectivity index (χ0v) is 11.4. The highest BCUT2D eigenvalue weighted by Gasteiger charge is 2.21. The van der Waals surface area contributed by atoms with E-state index >= 15 is 0 Å². The Morgan fingerprint density at radius 1 is 1.32 bits per heavy atom. The second-order valence-corrected chi connectivity index (χ2v) is 6.19. The number of thiazole rings is 1. The van der Waals surface area contributed by atoms with Gasteiger partial charge in [0.25, 0.3) is 0 Å². The Labute approximate surface area is 117 Å². The summed E-state index contributed by atoms with van der Waals surface area (Å²) in [7, 11) is 0. The van der Waals surface area contributed by atoms with Gasteiger partial charge < -0.3 is 10.2 Å². The van der Waals surface area contributed by atoms with E-state index in [0.29, 0.717) is 0 Å². The van der Waals surface area contributed by atoms with Gasteiger partial charge in [-0.15, -0.1) is 11.3 Å². The normalized spacial score (nSPS) is 12.4. The summed E-state index contributed by atoms with van der Waals surface area (Å²) < 4.78 is 1.80. The van der Waals surface area contributed by atoms with E-state index in [-0.39, 0.29) is 12.2 Å². The smallest absolute Gasteiger partial charge is 0.307 e. The molecule has 2 rings (SSSR count). The van der Waals surface area contributed by atoms with E-state index in [4.69, 9.17) is 10.2 Å². The lowest BCUT2D eigenvalue weighted by molar-refractivity contribution is -0.147. The number of thioether (sulfide) groups is 1. The fraction of sp³-hybridized carbons (Fsp3) is 0.250. The van der Waals surface area contributed by atoms with Crippen molar-refractivity contribution in [3.8, 4) is 0 Å². The summed E-state index contributed by atoms with van der Waals surface area (Å²) in [6, 6.07) is 7.64. The number of rotatable bonds is 6. The number of para-hydroxylation sites is 1. The molecule has 1 heterocycles. The molecule has 1 unspecified atom stereocenters. The number of aliphatic carboxylic acids is 2. The predicted octanol–water partition coefficient (Wildman–Crippen LogP) is 2.56. The second kappa shape index (κ2) is 6.03. The summed E-state index contributed by atoms with van der Waals surface area (Å²) in [6.45, 7) is 0. The quantitative estimate of drug-likeness (QED) is 0.797. The van der Waals surface area contributed by atoms with Crippen LogP contribution in [0.15, 0.2) is 28.6 Å². The Balaban J connectivity index is 2.03. The minimum atomic E-state index is -1.10. The standard InChI is InChI=1S/C12H11NO4S2/c14-10(15)5-7(11(16)17)6-18-12-13-8-3-1-2-4-9(8)19-12/h1-4,7H,5-6H2,(H,14,15)(H,16,17). The summed E-state index contributed by atoms with van der Waals surface area (Å²) in [4.78, 5) is 25.9. The highest BCUT2D eigenvalue weighted by atomic mass is 32.2. The molecule has 19 heavy (non-hydrogen) atoms. The molecule has 1 atom stereocenters. The lowest BCUT2D eigenvalue weighted by Gasteiger charge is -2.07. The van der Waals surface area contributed by atoms with Crippen LogP contribution in [0.3, 0.4) is 0 Å². The van der Waals surface area contributed by atoms with E-state index in [1.165, 1.54) is 23.1 Å². The van der Waals surface area contributed by atoms with E-state index in [9.17, 15) is 9.59 Å². The molecule has 0 aliphatic heterocycles. The van der Waals surface area contributed by atoms with E-state index in [0.717, 1.165) is 14.6 Å². The first-order valence-electron chi connectivity index (χ1n) is 5.49. The molecule has 1 aromatic heterocycles. The number of nitrogens with zero attached hydrogens (tertiary/aromatic N) is 1. The zero-order chi connectivity index (χ0) is 13.8. The van der Waals surface area contributed by atoms with Crippen molar-refractivity contribution in [3.63, 3.8) is 0 Å². The molecule has 5 nitrogen and oxygen atoms in total. The summed E-state index contributed by atoms with van der Waals surface area (Å²) in [6.07, 6.45) is -0.368. The molecule has 0 radical (unpaired) electrons. The average Bonchev–Trinajstić information content (AvgIpc) is 2.76. The molecular formula is C12H11NO4S2. The van der Waals surface area contributed by atoms with Crippen molar-refractivity contribution in [3.05, 3.63) is 24.3 Å². The Kier molecular flexibility index (Phi) is 4.39. The molecule has 100 valence electrons. The molecule has 0 fully saturated rings. The summed E-state index contributed by atoms with van der Waals surface area (Å²) in [5, 5.41) is 17.6. The van der Waals surface area contributed by atoms with Crippen molar-refractivity contribution >= 4 is 45.3 Å². The van der Waals surface area contributed by atoms with Gasteiger partial charge in [-0.25, -0.2) is 4.98 Å². The lowest BCUT2D eigenvalue weighted by Crippen LogP contribution is -2.19. The van der Waals surface area contributed by atoms with Crippen molar-refractivity contribution < 1.29 is 19.8 Å². The molecule has 0 aliphatic carbocycles. The number of aromatic nitrogens is 1. The van der Waals surface area contributed by atoms with Gasteiger partial charge in [0.2, 0.25) is 0 Å². The van der Waals surface area contributed by atoms with Crippen LogP contribution in [-0.4, -0.2) is 32.9 Å². The molecule has 7 heteroatoms. The summed E-state index contributed by atoms with van der Waals surface area (Å²) >= 11 is 2.77. The SMILES string of the molecule is O=C(O)CC(CSc1nc2ccccc2s1)C(=O)O. The highest BCUT2D eigenvalue weighted by molar-refractivity contribution is 8.01. The van der Waals surface area contributed by atoms with E-state index in [1.807, 2.05) is 24.3 Å². The van der Waals surface area contributed by atoms with Crippen LogP contribution in [0.5, 0.6) is 0 Å². The number of fused-ring (bicyclic) bond motifs is 1. The first-order chi connectivity index (χ1) is 9.06. The number of benzene rings is 1. The minimum absolute atomic E-state index is 0.210. The molecule has 0 amide bonds. The third kappa shape index (κ3) is 3.68. The fourth-order valence-electron chi connectivity index (χ4n) is 1.51. The minimum Gasteiger partial charge on any atom is -0.481 e. The molecule has 2 N–H and O–H groups in total. The lowest BCUT2D eigenvalue weighted by atomic mass is 10.1. The van der Waals surface area contributed by atoms with Crippen molar-refractivity contribution in [2.24, 2.45) is 5.92 Å². The Morgan fingerprint density at radius 3 is 2.68 bits per heavy atom. The van der Waals surface area contributed by atoms with Crippen molar-refractivity contribution in [2.75, 3.05) is 5.75 Å². The van der Waals surface area contributed by atoms with Gasteiger partial charge >= 0.3 is 11.9 Å².